The SMILES string of the molecule is O=C1c2ccccc2C(=O)c2c(CCO)ccc(CCO)c21. The minimum absolute atomic E-state index is 0.0884. The van der Waals surface area contributed by atoms with Crippen molar-refractivity contribution in [1.82, 2.24) is 0 Å². The third kappa shape index (κ3) is 2.17. The minimum atomic E-state index is -0.187. The average Bonchev–Trinajstić information content (AvgIpc) is 2.54. The van der Waals surface area contributed by atoms with E-state index in [2.05, 4.69) is 0 Å². The van der Waals surface area contributed by atoms with E-state index in [0.717, 1.165) is 0 Å². The lowest BCUT2D eigenvalue weighted by Gasteiger charge is -2.22. The Morgan fingerprint density at radius 2 is 1.09 bits per heavy atom. The fraction of sp³-hybridized carbons (Fsp3) is 0.222. The topological polar surface area (TPSA) is 74.6 Å². The van der Waals surface area contributed by atoms with Crippen molar-refractivity contribution < 1.29 is 19.8 Å². The van der Waals surface area contributed by atoms with Crippen LogP contribution >= 0.6 is 0 Å². The van der Waals surface area contributed by atoms with Crippen LogP contribution in [0.15, 0.2) is 36.4 Å². The standard InChI is InChI=1S/C18H16O4/c19-9-7-11-5-6-12(8-10-20)16-15(11)17(21)13-3-1-2-4-14(13)18(16)22/h1-6,19-20H,7-10H2. The van der Waals surface area contributed by atoms with Crippen LogP contribution in [0.4, 0.5) is 0 Å². The molecule has 2 N–H and O–H groups in total. The molecule has 0 radical (unpaired) electrons. The van der Waals surface area contributed by atoms with Gasteiger partial charge in [-0.05, 0) is 24.0 Å². The molecule has 0 unspecified atom stereocenters. The molecule has 0 aromatic heterocycles. The third-order valence-corrected chi connectivity index (χ3v) is 4.01. The van der Waals surface area contributed by atoms with Crippen LogP contribution in [-0.2, 0) is 12.8 Å². The Kier molecular flexibility index (Phi) is 3.88. The van der Waals surface area contributed by atoms with Crippen LogP contribution in [0.2, 0.25) is 0 Å². The summed E-state index contributed by atoms with van der Waals surface area (Å²) in [6.07, 6.45) is 0.645. The average molecular weight is 296 g/mol. The normalized spacial score (nSPS) is 13.0. The molecule has 0 aliphatic heterocycles. The van der Waals surface area contributed by atoms with Gasteiger partial charge in [-0.25, -0.2) is 0 Å². The van der Waals surface area contributed by atoms with E-state index in [1.165, 1.54) is 0 Å². The molecule has 2 aromatic rings. The summed E-state index contributed by atoms with van der Waals surface area (Å²) in [5.74, 6) is -0.373. The maximum absolute atomic E-state index is 12.8. The van der Waals surface area contributed by atoms with E-state index in [4.69, 9.17) is 0 Å². The van der Waals surface area contributed by atoms with Gasteiger partial charge in [0.1, 0.15) is 0 Å². The minimum Gasteiger partial charge on any atom is -0.396 e. The van der Waals surface area contributed by atoms with Crippen LogP contribution in [-0.4, -0.2) is 35.0 Å². The molecular weight excluding hydrogens is 280 g/mol. The third-order valence-electron chi connectivity index (χ3n) is 4.01. The highest BCUT2D eigenvalue weighted by Gasteiger charge is 2.32. The number of ketones is 2. The van der Waals surface area contributed by atoms with E-state index in [1.807, 2.05) is 0 Å². The van der Waals surface area contributed by atoms with Crippen LogP contribution in [0.5, 0.6) is 0 Å². The van der Waals surface area contributed by atoms with Crippen LogP contribution in [0, 0.1) is 0 Å². The number of aliphatic hydroxyl groups is 2. The van der Waals surface area contributed by atoms with Crippen molar-refractivity contribution in [2.24, 2.45) is 0 Å². The number of fused-ring (bicyclic) bond motifs is 2. The Bertz CT molecular complexity index is 698. The molecular formula is C18H16O4. The molecule has 22 heavy (non-hydrogen) atoms. The summed E-state index contributed by atoms with van der Waals surface area (Å²) in [5.41, 5.74) is 2.91. The lowest BCUT2D eigenvalue weighted by atomic mass is 9.78. The molecule has 0 fully saturated rings. The van der Waals surface area contributed by atoms with Crippen molar-refractivity contribution >= 4 is 11.6 Å². The zero-order valence-electron chi connectivity index (χ0n) is 12.0. The number of hydrogen-bond donors (Lipinski definition) is 2. The van der Waals surface area contributed by atoms with Gasteiger partial charge in [0.2, 0.25) is 0 Å². The highest BCUT2D eigenvalue weighted by atomic mass is 16.3. The van der Waals surface area contributed by atoms with Gasteiger partial charge in [-0.1, -0.05) is 36.4 Å². The second kappa shape index (κ2) is 5.83. The Hall–Kier alpha value is -2.30. The fourth-order valence-corrected chi connectivity index (χ4v) is 3.01. The number of benzene rings is 2. The van der Waals surface area contributed by atoms with Gasteiger partial charge in [0.25, 0.3) is 0 Å². The molecule has 1 aliphatic carbocycles. The van der Waals surface area contributed by atoms with Crippen molar-refractivity contribution in [2.45, 2.75) is 12.8 Å². The predicted octanol–water partition coefficient (Wildman–Crippen LogP) is 1.53. The molecule has 0 bridgehead atoms. The number of carbonyl (C=O) groups excluding carboxylic acids is 2. The van der Waals surface area contributed by atoms with Gasteiger partial charge < -0.3 is 10.2 Å². The van der Waals surface area contributed by atoms with Gasteiger partial charge in [0, 0.05) is 35.5 Å². The molecule has 0 heterocycles. The maximum Gasteiger partial charge on any atom is 0.194 e. The molecule has 0 saturated heterocycles. The molecule has 4 heteroatoms. The summed E-state index contributed by atoms with van der Waals surface area (Å²) in [6.45, 7) is -0.177. The van der Waals surface area contributed by atoms with Crippen molar-refractivity contribution in [3.63, 3.8) is 0 Å². The van der Waals surface area contributed by atoms with Gasteiger partial charge >= 0.3 is 0 Å². The molecule has 0 amide bonds. The van der Waals surface area contributed by atoms with E-state index >= 15 is 0 Å². The van der Waals surface area contributed by atoms with E-state index in [-0.39, 0.29) is 24.8 Å². The quantitative estimate of drug-likeness (QED) is 0.765. The summed E-state index contributed by atoms with van der Waals surface area (Å²) in [5, 5.41) is 18.4. The van der Waals surface area contributed by atoms with E-state index in [9.17, 15) is 19.8 Å². The first-order valence-electron chi connectivity index (χ1n) is 7.24. The fourth-order valence-electron chi connectivity index (χ4n) is 3.01. The van der Waals surface area contributed by atoms with Crippen molar-refractivity contribution in [3.8, 4) is 0 Å². The number of carbonyl (C=O) groups is 2. The van der Waals surface area contributed by atoms with Gasteiger partial charge in [-0.2, -0.15) is 0 Å². The molecule has 0 atom stereocenters. The van der Waals surface area contributed by atoms with Crippen LogP contribution < -0.4 is 0 Å². The lowest BCUT2D eigenvalue weighted by Crippen LogP contribution is -2.25. The Labute approximate surface area is 128 Å². The summed E-state index contributed by atoms with van der Waals surface area (Å²) < 4.78 is 0. The molecule has 0 spiro atoms. The van der Waals surface area contributed by atoms with Crippen LogP contribution in [0.1, 0.15) is 43.0 Å². The second-order valence-corrected chi connectivity index (χ2v) is 5.28. The first-order valence-corrected chi connectivity index (χ1v) is 7.24. The number of rotatable bonds is 4. The van der Waals surface area contributed by atoms with Crippen LogP contribution in [0.3, 0.4) is 0 Å². The van der Waals surface area contributed by atoms with Crippen molar-refractivity contribution in [3.05, 3.63) is 69.8 Å². The first kappa shape index (κ1) is 14.6. The monoisotopic (exact) mass is 296 g/mol. The molecule has 112 valence electrons. The predicted molar refractivity (Wildman–Crippen MR) is 81.3 cm³/mol. The molecule has 1 aliphatic rings. The Morgan fingerprint density at radius 3 is 1.45 bits per heavy atom. The van der Waals surface area contributed by atoms with Gasteiger partial charge in [0.15, 0.2) is 11.6 Å². The Morgan fingerprint density at radius 1 is 0.682 bits per heavy atom. The number of hydrogen-bond acceptors (Lipinski definition) is 4. The first-order chi connectivity index (χ1) is 10.7. The summed E-state index contributed by atoms with van der Waals surface area (Å²) in [4.78, 5) is 25.6. The van der Waals surface area contributed by atoms with Crippen LogP contribution in [0.25, 0.3) is 0 Å². The smallest absolute Gasteiger partial charge is 0.194 e. The van der Waals surface area contributed by atoms with Gasteiger partial charge in [-0.3, -0.25) is 9.59 Å². The summed E-state index contributed by atoms with van der Waals surface area (Å²) in [6, 6.07) is 10.3. The van der Waals surface area contributed by atoms with E-state index in [0.29, 0.717) is 46.2 Å². The summed E-state index contributed by atoms with van der Waals surface area (Å²) >= 11 is 0. The second-order valence-electron chi connectivity index (χ2n) is 5.28. The highest BCUT2D eigenvalue weighted by molar-refractivity contribution is 6.29. The maximum atomic E-state index is 12.8. The van der Waals surface area contributed by atoms with Crippen molar-refractivity contribution in [2.75, 3.05) is 13.2 Å². The highest BCUT2D eigenvalue weighted by Crippen LogP contribution is 2.32. The molecule has 3 rings (SSSR count). The van der Waals surface area contributed by atoms with E-state index in [1.54, 1.807) is 36.4 Å². The largest absolute Gasteiger partial charge is 0.396 e. The molecule has 2 aromatic carbocycles. The lowest BCUT2D eigenvalue weighted by molar-refractivity contribution is 0.0977. The Balaban J connectivity index is 2.29. The summed E-state index contributed by atoms with van der Waals surface area (Å²) in [7, 11) is 0. The molecule has 0 saturated carbocycles. The van der Waals surface area contributed by atoms with Gasteiger partial charge in [0.05, 0.1) is 0 Å². The van der Waals surface area contributed by atoms with Gasteiger partial charge in [-0.15, -0.1) is 0 Å². The zero-order valence-corrected chi connectivity index (χ0v) is 12.0. The van der Waals surface area contributed by atoms with Crippen molar-refractivity contribution in [1.29, 1.82) is 0 Å². The molecule has 4 nitrogen and oxygen atoms in total. The van der Waals surface area contributed by atoms with E-state index < -0.39 is 0 Å². The zero-order chi connectivity index (χ0) is 15.7. The number of aliphatic hydroxyl groups excluding tert-OH is 2.